The zero-order valence-electron chi connectivity index (χ0n) is 15.7. The van der Waals surface area contributed by atoms with E-state index in [4.69, 9.17) is 51.1 Å². The fourth-order valence-electron chi connectivity index (χ4n) is 2.71. The number of ether oxygens (including phenoxy) is 1. The molecule has 0 radical (unpaired) electrons. The van der Waals surface area contributed by atoms with Gasteiger partial charge in [-0.15, -0.1) is 10.2 Å². The molecule has 0 N–H and O–H groups in total. The molecule has 4 nitrogen and oxygen atoms in total. The Labute approximate surface area is 194 Å². The molecule has 0 aliphatic heterocycles. The number of hydrogen-bond donors (Lipinski definition) is 0. The quantitative estimate of drug-likeness (QED) is 0.234. The Morgan fingerprint density at radius 1 is 0.966 bits per heavy atom. The standard InChI is InChI=1S/C20H19Cl4N3OS/c1-2-27-19(4-3-9-28-18-8-6-14(21)11-17(18)24)25-26-20(27)29-12-13-5-7-15(22)16(23)10-13/h5-8,10-11H,2-4,9,12H2,1H3. The van der Waals surface area contributed by atoms with Gasteiger partial charge in [-0.25, -0.2) is 0 Å². The number of aryl methyl sites for hydroxylation is 1. The summed E-state index contributed by atoms with van der Waals surface area (Å²) in [5.74, 6) is 2.31. The first kappa shape index (κ1) is 22.6. The highest BCUT2D eigenvalue weighted by Crippen LogP contribution is 2.29. The second-order valence-electron chi connectivity index (χ2n) is 6.21. The van der Waals surface area contributed by atoms with Gasteiger partial charge in [0.05, 0.1) is 21.7 Å². The molecular weight excluding hydrogens is 472 g/mol. The number of benzene rings is 2. The van der Waals surface area contributed by atoms with Crippen molar-refractivity contribution in [3.8, 4) is 5.75 Å². The summed E-state index contributed by atoms with van der Waals surface area (Å²) in [5.41, 5.74) is 1.09. The number of thioether (sulfide) groups is 1. The molecule has 0 amide bonds. The van der Waals surface area contributed by atoms with E-state index >= 15 is 0 Å². The maximum absolute atomic E-state index is 6.13. The van der Waals surface area contributed by atoms with Gasteiger partial charge in [0.25, 0.3) is 0 Å². The summed E-state index contributed by atoms with van der Waals surface area (Å²) in [5, 5.41) is 11.8. The lowest BCUT2D eigenvalue weighted by atomic mass is 10.2. The Hall–Kier alpha value is -1.11. The van der Waals surface area contributed by atoms with Crippen LogP contribution in [0.3, 0.4) is 0 Å². The van der Waals surface area contributed by atoms with Crippen LogP contribution in [-0.2, 0) is 18.7 Å². The van der Waals surface area contributed by atoms with Gasteiger partial charge in [-0.1, -0.05) is 64.2 Å². The molecule has 9 heteroatoms. The molecule has 3 rings (SSSR count). The average molecular weight is 491 g/mol. The van der Waals surface area contributed by atoms with Gasteiger partial charge in [0, 0.05) is 23.7 Å². The van der Waals surface area contributed by atoms with Gasteiger partial charge >= 0.3 is 0 Å². The summed E-state index contributed by atoms with van der Waals surface area (Å²) >= 11 is 25.7. The van der Waals surface area contributed by atoms with Crippen LogP contribution in [0.4, 0.5) is 0 Å². The Morgan fingerprint density at radius 2 is 1.79 bits per heavy atom. The molecule has 29 heavy (non-hydrogen) atoms. The van der Waals surface area contributed by atoms with Crippen LogP contribution in [0, 0.1) is 0 Å². The topological polar surface area (TPSA) is 39.9 Å². The number of halogens is 4. The second-order valence-corrected chi connectivity index (χ2v) is 8.81. The third-order valence-corrected chi connectivity index (χ3v) is 6.47. The van der Waals surface area contributed by atoms with E-state index in [0.29, 0.717) is 32.4 Å². The van der Waals surface area contributed by atoms with E-state index in [9.17, 15) is 0 Å². The van der Waals surface area contributed by atoms with Crippen LogP contribution in [0.25, 0.3) is 0 Å². The van der Waals surface area contributed by atoms with Crippen molar-refractivity contribution in [2.45, 2.75) is 37.2 Å². The fourth-order valence-corrected chi connectivity index (χ4v) is 4.46. The Morgan fingerprint density at radius 3 is 2.52 bits per heavy atom. The molecule has 0 saturated carbocycles. The molecule has 1 heterocycles. The Balaban J connectivity index is 1.54. The minimum Gasteiger partial charge on any atom is -0.492 e. The van der Waals surface area contributed by atoms with Crippen molar-refractivity contribution >= 4 is 58.2 Å². The molecule has 1 aromatic heterocycles. The summed E-state index contributed by atoms with van der Waals surface area (Å²) in [7, 11) is 0. The van der Waals surface area contributed by atoms with Crippen LogP contribution in [0.5, 0.6) is 5.75 Å². The molecule has 0 aliphatic carbocycles. The molecule has 3 aromatic rings. The minimum absolute atomic E-state index is 0.509. The van der Waals surface area contributed by atoms with Crippen LogP contribution in [0.2, 0.25) is 20.1 Å². The molecule has 0 unspecified atom stereocenters. The van der Waals surface area contributed by atoms with Gasteiger partial charge in [0.1, 0.15) is 11.6 Å². The Bertz CT molecular complexity index is 980. The lowest BCUT2D eigenvalue weighted by Crippen LogP contribution is -2.06. The first-order chi connectivity index (χ1) is 14.0. The maximum Gasteiger partial charge on any atom is 0.191 e. The third-order valence-electron chi connectivity index (χ3n) is 4.16. The van der Waals surface area contributed by atoms with Crippen LogP contribution in [-0.4, -0.2) is 21.4 Å². The van der Waals surface area contributed by atoms with Gasteiger partial charge in [0.2, 0.25) is 0 Å². The highest BCUT2D eigenvalue weighted by molar-refractivity contribution is 7.98. The number of rotatable bonds is 9. The number of nitrogens with zero attached hydrogens (tertiary/aromatic N) is 3. The van der Waals surface area contributed by atoms with Gasteiger partial charge in [-0.3, -0.25) is 0 Å². The van der Waals surface area contributed by atoms with E-state index in [0.717, 1.165) is 41.7 Å². The van der Waals surface area contributed by atoms with E-state index in [-0.39, 0.29) is 0 Å². The normalized spacial score (nSPS) is 11.1. The van der Waals surface area contributed by atoms with E-state index in [1.165, 1.54) is 0 Å². The third kappa shape index (κ3) is 6.19. The highest BCUT2D eigenvalue weighted by Gasteiger charge is 2.12. The van der Waals surface area contributed by atoms with Gasteiger partial charge in [0.15, 0.2) is 5.16 Å². The van der Waals surface area contributed by atoms with Crippen LogP contribution >= 0.6 is 58.2 Å². The summed E-state index contributed by atoms with van der Waals surface area (Å²) < 4.78 is 7.87. The molecule has 0 atom stereocenters. The molecule has 0 spiro atoms. The van der Waals surface area contributed by atoms with Crippen molar-refractivity contribution in [3.05, 3.63) is 67.9 Å². The second kappa shape index (κ2) is 10.8. The van der Waals surface area contributed by atoms with Crippen molar-refractivity contribution in [2.75, 3.05) is 6.61 Å². The molecule has 0 saturated heterocycles. The smallest absolute Gasteiger partial charge is 0.191 e. The minimum atomic E-state index is 0.509. The predicted octanol–water partition coefficient (Wildman–Crippen LogP) is 7.22. The molecule has 0 fully saturated rings. The lowest BCUT2D eigenvalue weighted by molar-refractivity contribution is 0.309. The van der Waals surface area contributed by atoms with Crippen molar-refractivity contribution in [1.82, 2.24) is 14.8 Å². The summed E-state index contributed by atoms with van der Waals surface area (Å²) in [4.78, 5) is 0. The van der Waals surface area contributed by atoms with Crippen LogP contribution < -0.4 is 4.74 Å². The fraction of sp³-hybridized carbons (Fsp3) is 0.300. The van der Waals surface area contributed by atoms with E-state index in [2.05, 4.69) is 21.7 Å². The van der Waals surface area contributed by atoms with Crippen molar-refractivity contribution in [2.24, 2.45) is 0 Å². The SMILES string of the molecule is CCn1c(CCCOc2ccc(Cl)cc2Cl)nnc1SCc1ccc(Cl)c(Cl)c1. The molecule has 0 aliphatic rings. The van der Waals surface area contributed by atoms with E-state index < -0.39 is 0 Å². The summed E-state index contributed by atoms with van der Waals surface area (Å²) in [6.07, 6.45) is 1.56. The number of aromatic nitrogens is 3. The first-order valence-corrected chi connectivity index (χ1v) is 11.5. The monoisotopic (exact) mass is 489 g/mol. The molecule has 2 aromatic carbocycles. The largest absolute Gasteiger partial charge is 0.492 e. The first-order valence-electron chi connectivity index (χ1n) is 9.04. The van der Waals surface area contributed by atoms with Gasteiger partial charge in [-0.05, 0) is 49.2 Å². The lowest BCUT2D eigenvalue weighted by Gasteiger charge is -2.09. The highest BCUT2D eigenvalue weighted by atomic mass is 35.5. The zero-order valence-corrected chi connectivity index (χ0v) is 19.5. The van der Waals surface area contributed by atoms with Crippen LogP contribution in [0.1, 0.15) is 24.7 Å². The van der Waals surface area contributed by atoms with E-state index in [1.807, 2.05) is 18.2 Å². The number of hydrogen-bond acceptors (Lipinski definition) is 4. The molecule has 154 valence electrons. The zero-order chi connectivity index (χ0) is 20.8. The summed E-state index contributed by atoms with van der Waals surface area (Å²) in [6.45, 7) is 3.42. The molecular formula is C20H19Cl4N3OS. The Kier molecular flexibility index (Phi) is 8.39. The van der Waals surface area contributed by atoms with Crippen molar-refractivity contribution in [3.63, 3.8) is 0 Å². The van der Waals surface area contributed by atoms with Crippen molar-refractivity contribution in [1.29, 1.82) is 0 Å². The van der Waals surface area contributed by atoms with Gasteiger partial charge in [-0.2, -0.15) is 0 Å². The van der Waals surface area contributed by atoms with Crippen molar-refractivity contribution < 1.29 is 4.74 Å². The average Bonchev–Trinajstić information content (AvgIpc) is 3.09. The molecule has 0 bridgehead atoms. The van der Waals surface area contributed by atoms with E-state index in [1.54, 1.807) is 30.0 Å². The predicted molar refractivity (Wildman–Crippen MR) is 122 cm³/mol. The maximum atomic E-state index is 6.13. The van der Waals surface area contributed by atoms with Gasteiger partial charge < -0.3 is 9.30 Å². The summed E-state index contributed by atoms with van der Waals surface area (Å²) in [6, 6.07) is 10.9. The van der Waals surface area contributed by atoms with Crippen LogP contribution in [0.15, 0.2) is 41.6 Å².